The van der Waals surface area contributed by atoms with E-state index in [0.29, 0.717) is 19.6 Å². The van der Waals surface area contributed by atoms with Gasteiger partial charge in [-0.3, -0.25) is 9.59 Å². The van der Waals surface area contributed by atoms with Gasteiger partial charge in [-0.2, -0.15) is 0 Å². The highest BCUT2D eigenvalue weighted by Gasteiger charge is 2.27. The SMILES string of the molecule is C=CCNC(=O)C1CCN(C(=O)C(C)C)CC1. The van der Waals surface area contributed by atoms with Gasteiger partial charge in [-0.05, 0) is 12.8 Å². The lowest BCUT2D eigenvalue weighted by atomic mass is 9.95. The van der Waals surface area contributed by atoms with E-state index < -0.39 is 0 Å². The minimum Gasteiger partial charge on any atom is -0.352 e. The quantitative estimate of drug-likeness (QED) is 0.748. The Morgan fingerprint density at radius 3 is 2.47 bits per heavy atom. The Labute approximate surface area is 103 Å². The molecule has 0 aromatic carbocycles. The first kappa shape index (κ1) is 13.7. The third kappa shape index (κ3) is 3.88. The Hall–Kier alpha value is -1.32. The molecule has 0 radical (unpaired) electrons. The van der Waals surface area contributed by atoms with Crippen LogP contribution >= 0.6 is 0 Å². The van der Waals surface area contributed by atoms with Gasteiger partial charge in [0, 0.05) is 31.5 Å². The van der Waals surface area contributed by atoms with Crippen LogP contribution in [0.1, 0.15) is 26.7 Å². The number of nitrogens with zero attached hydrogens (tertiary/aromatic N) is 1. The van der Waals surface area contributed by atoms with Gasteiger partial charge in [0.15, 0.2) is 0 Å². The molecule has 0 unspecified atom stereocenters. The molecule has 0 aromatic heterocycles. The summed E-state index contributed by atoms with van der Waals surface area (Å²) in [7, 11) is 0. The van der Waals surface area contributed by atoms with Crippen LogP contribution in [0.3, 0.4) is 0 Å². The summed E-state index contributed by atoms with van der Waals surface area (Å²) in [4.78, 5) is 25.3. The highest BCUT2D eigenvalue weighted by atomic mass is 16.2. The molecule has 1 fully saturated rings. The van der Waals surface area contributed by atoms with Crippen LogP contribution in [0, 0.1) is 11.8 Å². The van der Waals surface area contributed by atoms with Gasteiger partial charge in [-0.25, -0.2) is 0 Å². The third-order valence-corrected chi connectivity index (χ3v) is 3.09. The molecule has 1 aliphatic heterocycles. The summed E-state index contributed by atoms with van der Waals surface area (Å²) < 4.78 is 0. The zero-order chi connectivity index (χ0) is 12.8. The van der Waals surface area contributed by atoms with Crippen LogP contribution in [0.25, 0.3) is 0 Å². The maximum atomic E-state index is 11.8. The van der Waals surface area contributed by atoms with E-state index in [0.717, 1.165) is 12.8 Å². The number of carbonyl (C=O) groups is 2. The van der Waals surface area contributed by atoms with Crippen molar-refractivity contribution in [2.45, 2.75) is 26.7 Å². The normalized spacial score (nSPS) is 17.0. The molecule has 0 atom stereocenters. The molecule has 1 rings (SSSR count). The van der Waals surface area contributed by atoms with E-state index in [2.05, 4.69) is 11.9 Å². The van der Waals surface area contributed by atoms with Crippen molar-refractivity contribution in [1.82, 2.24) is 10.2 Å². The van der Waals surface area contributed by atoms with Gasteiger partial charge in [0.2, 0.25) is 11.8 Å². The lowest BCUT2D eigenvalue weighted by molar-refractivity contribution is -0.138. The summed E-state index contributed by atoms with van der Waals surface area (Å²) in [5.74, 6) is 0.365. The Bertz CT molecular complexity index is 292. The molecule has 4 heteroatoms. The van der Waals surface area contributed by atoms with Gasteiger partial charge >= 0.3 is 0 Å². The molecule has 1 N–H and O–H groups in total. The van der Waals surface area contributed by atoms with Crippen molar-refractivity contribution in [2.75, 3.05) is 19.6 Å². The monoisotopic (exact) mass is 238 g/mol. The minimum absolute atomic E-state index is 0.0427. The number of piperidine rings is 1. The summed E-state index contributed by atoms with van der Waals surface area (Å²) in [6.07, 6.45) is 3.21. The highest BCUT2D eigenvalue weighted by Crippen LogP contribution is 2.18. The number of amides is 2. The fourth-order valence-corrected chi connectivity index (χ4v) is 2.04. The molecule has 1 saturated heterocycles. The van der Waals surface area contributed by atoms with Crippen LogP contribution in [-0.4, -0.2) is 36.3 Å². The maximum absolute atomic E-state index is 11.8. The molecule has 0 saturated carbocycles. The molecule has 1 heterocycles. The van der Waals surface area contributed by atoms with Gasteiger partial charge in [0.05, 0.1) is 0 Å². The van der Waals surface area contributed by atoms with E-state index in [1.54, 1.807) is 6.08 Å². The second-order valence-corrected chi connectivity index (χ2v) is 4.79. The molecule has 0 bridgehead atoms. The number of hydrogen-bond acceptors (Lipinski definition) is 2. The summed E-state index contributed by atoms with van der Waals surface area (Å²) in [6, 6.07) is 0. The van der Waals surface area contributed by atoms with Crippen molar-refractivity contribution >= 4 is 11.8 Å². The lowest BCUT2D eigenvalue weighted by Crippen LogP contribution is -2.44. The van der Waals surface area contributed by atoms with Crippen molar-refractivity contribution in [3.8, 4) is 0 Å². The van der Waals surface area contributed by atoms with Crippen molar-refractivity contribution in [1.29, 1.82) is 0 Å². The van der Waals surface area contributed by atoms with Crippen molar-refractivity contribution < 1.29 is 9.59 Å². The minimum atomic E-state index is 0.0427. The van der Waals surface area contributed by atoms with Crippen LogP contribution in [0.5, 0.6) is 0 Å². The van der Waals surface area contributed by atoms with Gasteiger partial charge in [-0.1, -0.05) is 19.9 Å². The number of carbonyl (C=O) groups excluding carboxylic acids is 2. The van der Waals surface area contributed by atoms with Crippen molar-refractivity contribution in [3.05, 3.63) is 12.7 Å². The Balaban J connectivity index is 2.37. The molecular formula is C13H22N2O2. The maximum Gasteiger partial charge on any atom is 0.225 e. The third-order valence-electron chi connectivity index (χ3n) is 3.09. The molecule has 2 amide bonds. The highest BCUT2D eigenvalue weighted by molar-refractivity contribution is 5.80. The molecule has 96 valence electrons. The second-order valence-electron chi connectivity index (χ2n) is 4.79. The standard InChI is InChI=1S/C13H22N2O2/c1-4-7-14-12(16)11-5-8-15(9-6-11)13(17)10(2)3/h4,10-11H,1,5-9H2,2-3H3,(H,14,16). The fourth-order valence-electron chi connectivity index (χ4n) is 2.04. The van der Waals surface area contributed by atoms with E-state index in [-0.39, 0.29) is 23.7 Å². The molecule has 0 spiro atoms. The molecular weight excluding hydrogens is 216 g/mol. The van der Waals surface area contributed by atoms with Crippen LogP contribution in [0.2, 0.25) is 0 Å². The number of rotatable bonds is 4. The van der Waals surface area contributed by atoms with Crippen LogP contribution < -0.4 is 5.32 Å². The van der Waals surface area contributed by atoms with Crippen LogP contribution in [0.15, 0.2) is 12.7 Å². The number of hydrogen-bond donors (Lipinski definition) is 1. The van der Waals surface area contributed by atoms with Gasteiger partial charge in [-0.15, -0.1) is 6.58 Å². The smallest absolute Gasteiger partial charge is 0.225 e. The molecule has 1 aliphatic rings. The van der Waals surface area contributed by atoms with Gasteiger partial charge in [0.25, 0.3) is 0 Å². The average Bonchev–Trinajstić information content (AvgIpc) is 2.35. The molecule has 0 aromatic rings. The fraction of sp³-hybridized carbons (Fsp3) is 0.692. The second kappa shape index (κ2) is 6.42. The Morgan fingerprint density at radius 1 is 1.41 bits per heavy atom. The Morgan fingerprint density at radius 2 is 2.00 bits per heavy atom. The predicted octanol–water partition coefficient (Wildman–Crippen LogP) is 1.18. The lowest BCUT2D eigenvalue weighted by Gasteiger charge is -2.32. The summed E-state index contributed by atoms with van der Waals surface area (Å²) >= 11 is 0. The number of nitrogens with one attached hydrogen (secondary N) is 1. The van der Waals surface area contributed by atoms with E-state index in [1.807, 2.05) is 18.7 Å². The van der Waals surface area contributed by atoms with Gasteiger partial charge in [0.1, 0.15) is 0 Å². The van der Waals surface area contributed by atoms with Gasteiger partial charge < -0.3 is 10.2 Å². The van der Waals surface area contributed by atoms with E-state index in [4.69, 9.17) is 0 Å². The summed E-state index contributed by atoms with van der Waals surface area (Å²) in [6.45, 7) is 9.29. The largest absolute Gasteiger partial charge is 0.352 e. The summed E-state index contributed by atoms with van der Waals surface area (Å²) in [5.41, 5.74) is 0. The van der Waals surface area contributed by atoms with E-state index >= 15 is 0 Å². The average molecular weight is 238 g/mol. The Kier molecular flexibility index (Phi) is 5.19. The summed E-state index contributed by atoms with van der Waals surface area (Å²) in [5, 5.41) is 2.81. The first-order chi connectivity index (χ1) is 8.06. The van der Waals surface area contributed by atoms with E-state index in [9.17, 15) is 9.59 Å². The first-order valence-corrected chi connectivity index (χ1v) is 6.23. The number of likely N-dealkylation sites (tertiary alicyclic amines) is 1. The van der Waals surface area contributed by atoms with Crippen molar-refractivity contribution in [2.24, 2.45) is 11.8 Å². The molecule has 17 heavy (non-hydrogen) atoms. The zero-order valence-electron chi connectivity index (χ0n) is 10.7. The molecule has 4 nitrogen and oxygen atoms in total. The van der Waals surface area contributed by atoms with E-state index in [1.165, 1.54) is 0 Å². The molecule has 0 aliphatic carbocycles. The predicted molar refractivity (Wildman–Crippen MR) is 67.3 cm³/mol. The van der Waals surface area contributed by atoms with Crippen LogP contribution in [-0.2, 0) is 9.59 Å². The van der Waals surface area contributed by atoms with Crippen LogP contribution in [0.4, 0.5) is 0 Å². The first-order valence-electron chi connectivity index (χ1n) is 6.23. The zero-order valence-corrected chi connectivity index (χ0v) is 10.7. The topological polar surface area (TPSA) is 49.4 Å². The van der Waals surface area contributed by atoms with Crippen molar-refractivity contribution in [3.63, 3.8) is 0 Å².